The van der Waals surface area contributed by atoms with E-state index >= 15 is 0 Å². The third-order valence-electron chi connectivity index (χ3n) is 2.86. The van der Waals surface area contributed by atoms with Crippen molar-refractivity contribution in [2.45, 2.75) is 25.3 Å². The van der Waals surface area contributed by atoms with Crippen molar-refractivity contribution in [1.29, 1.82) is 0 Å². The summed E-state index contributed by atoms with van der Waals surface area (Å²) in [6.45, 7) is 3.92. The molecular weight excluding hydrogens is 378 g/mol. The molecule has 0 saturated heterocycles. The van der Waals surface area contributed by atoms with Crippen LogP contribution in [0.2, 0.25) is 0 Å². The molecule has 0 radical (unpaired) electrons. The maximum Gasteiger partial charge on any atom is 0.261 e. The number of nitrogens with zero attached hydrogens (tertiary/aromatic N) is 1. The fourth-order valence-electron chi connectivity index (χ4n) is 1.97. The van der Waals surface area contributed by atoms with Gasteiger partial charge in [-0.15, -0.1) is 0 Å². The number of ether oxygens (including phenoxy) is 1. The van der Waals surface area contributed by atoms with E-state index in [0.29, 0.717) is 12.4 Å². The van der Waals surface area contributed by atoms with E-state index in [4.69, 9.17) is 15.4 Å². The van der Waals surface area contributed by atoms with Crippen molar-refractivity contribution in [3.8, 4) is 5.75 Å². The average Bonchev–Trinajstić information content (AvgIpc) is 2.36. The van der Waals surface area contributed by atoms with Gasteiger partial charge in [-0.1, -0.05) is 0 Å². The number of hydrogen-bond donors (Lipinski definition) is 0. The maximum atomic E-state index is 11.4. The molecule has 0 spiro atoms. The lowest BCUT2D eigenvalue weighted by atomic mass is 10.1. The van der Waals surface area contributed by atoms with E-state index in [1.54, 1.807) is 26.2 Å². The van der Waals surface area contributed by atoms with Crippen LogP contribution in [0.5, 0.6) is 5.75 Å². The minimum absolute atomic E-state index is 0.0793. The molecule has 0 atom stereocenters. The second kappa shape index (κ2) is 6.34. The molecule has 1 heterocycles. The second-order valence-corrected chi connectivity index (χ2v) is 8.11. The molecule has 0 unspecified atom stereocenters. The van der Waals surface area contributed by atoms with Crippen LogP contribution in [0.1, 0.15) is 16.7 Å². The van der Waals surface area contributed by atoms with E-state index in [2.05, 4.69) is 20.9 Å². The quantitative estimate of drug-likeness (QED) is 0.741. The Morgan fingerprint density at radius 2 is 1.81 bits per heavy atom. The molecule has 7 heteroatoms. The lowest BCUT2D eigenvalue weighted by molar-refractivity contribution is 0.301. The molecule has 1 aromatic carbocycles. The van der Waals surface area contributed by atoms with Crippen molar-refractivity contribution < 1.29 is 13.2 Å². The molecule has 0 bridgehead atoms. The van der Waals surface area contributed by atoms with Crippen LogP contribution in [-0.2, 0) is 15.7 Å². The molecule has 2 rings (SSSR count). The summed E-state index contributed by atoms with van der Waals surface area (Å²) in [5, 5.41) is 0. The Morgan fingerprint density at radius 1 is 1.19 bits per heavy atom. The molecule has 0 amide bonds. The van der Waals surface area contributed by atoms with Gasteiger partial charge < -0.3 is 4.74 Å². The van der Waals surface area contributed by atoms with Gasteiger partial charge in [-0.25, -0.2) is 8.42 Å². The Labute approximate surface area is 136 Å². The van der Waals surface area contributed by atoms with Crippen molar-refractivity contribution in [2.24, 2.45) is 0 Å². The zero-order chi connectivity index (χ0) is 15.6. The number of hydrogen-bond acceptors (Lipinski definition) is 4. The van der Waals surface area contributed by atoms with Crippen molar-refractivity contribution in [3.63, 3.8) is 0 Å². The average molecular weight is 391 g/mol. The smallest absolute Gasteiger partial charge is 0.261 e. The first-order chi connectivity index (χ1) is 9.77. The Morgan fingerprint density at radius 3 is 2.33 bits per heavy atom. The lowest BCUT2D eigenvalue weighted by Crippen LogP contribution is -2.01. The van der Waals surface area contributed by atoms with Crippen molar-refractivity contribution in [2.75, 3.05) is 0 Å². The van der Waals surface area contributed by atoms with Gasteiger partial charge in [0.25, 0.3) is 9.05 Å². The zero-order valence-corrected chi connectivity index (χ0v) is 14.6. The van der Waals surface area contributed by atoms with Gasteiger partial charge in [0.15, 0.2) is 0 Å². The zero-order valence-electron chi connectivity index (χ0n) is 11.4. The highest BCUT2D eigenvalue weighted by Crippen LogP contribution is 2.29. The van der Waals surface area contributed by atoms with Gasteiger partial charge in [-0.3, -0.25) is 4.98 Å². The van der Waals surface area contributed by atoms with Gasteiger partial charge in [-0.2, -0.15) is 0 Å². The van der Waals surface area contributed by atoms with Gasteiger partial charge in [-0.05, 0) is 59.1 Å². The van der Waals surface area contributed by atoms with Crippen LogP contribution in [0.4, 0.5) is 0 Å². The number of aromatic nitrogens is 1. The van der Waals surface area contributed by atoms with Crippen molar-refractivity contribution in [3.05, 3.63) is 51.8 Å². The molecule has 0 aliphatic heterocycles. The highest BCUT2D eigenvalue weighted by Gasteiger charge is 2.15. The van der Waals surface area contributed by atoms with E-state index in [9.17, 15) is 8.42 Å². The van der Waals surface area contributed by atoms with E-state index in [1.165, 1.54) is 12.1 Å². The number of rotatable bonds is 4. The Balaban J connectivity index is 2.25. The Bertz CT molecular complexity index is 755. The fraction of sp³-hybridized carbons (Fsp3) is 0.214. The molecule has 0 aliphatic carbocycles. The molecule has 0 fully saturated rings. The molecule has 0 N–H and O–H groups in total. The largest absolute Gasteiger partial charge is 0.488 e. The van der Waals surface area contributed by atoms with E-state index in [0.717, 1.165) is 21.2 Å². The number of pyridine rings is 1. The summed E-state index contributed by atoms with van der Waals surface area (Å²) in [6, 6.07) is 4.92. The monoisotopic (exact) mass is 389 g/mol. The maximum absolute atomic E-state index is 11.4. The van der Waals surface area contributed by atoms with Crippen LogP contribution in [-0.4, -0.2) is 13.4 Å². The molecule has 21 heavy (non-hydrogen) atoms. The van der Waals surface area contributed by atoms with Crippen LogP contribution in [0.25, 0.3) is 0 Å². The minimum atomic E-state index is -3.74. The molecule has 0 saturated carbocycles. The van der Waals surface area contributed by atoms with Crippen LogP contribution in [0, 0.1) is 13.8 Å². The molecular formula is C14H13BrClNO3S. The third kappa shape index (κ3) is 4.18. The van der Waals surface area contributed by atoms with Gasteiger partial charge in [0.05, 0.1) is 4.90 Å². The summed E-state index contributed by atoms with van der Waals surface area (Å²) in [5.41, 5.74) is 2.35. The lowest BCUT2D eigenvalue weighted by Gasteiger charge is -2.13. The van der Waals surface area contributed by atoms with Crippen LogP contribution >= 0.6 is 26.6 Å². The van der Waals surface area contributed by atoms with E-state index in [-0.39, 0.29) is 4.90 Å². The summed E-state index contributed by atoms with van der Waals surface area (Å²) in [5.74, 6) is 0.652. The molecule has 0 aliphatic rings. The van der Waals surface area contributed by atoms with Crippen LogP contribution < -0.4 is 4.74 Å². The summed E-state index contributed by atoms with van der Waals surface area (Å²) < 4.78 is 29.4. The van der Waals surface area contributed by atoms with Gasteiger partial charge >= 0.3 is 0 Å². The first kappa shape index (κ1) is 16.3. The standard InChI is InChI=1S/C14H13BrClNO3S/c1-9-3-13(21(16,18)19)4-10(2)14(9)20-8-11-5-12(15)7-17-6-11/h3-7H,8H2,1-2H3. The number of halogens is 2. The fourth-order valence-corrected chi connectivity index (χ4v) is 3.28. The SMILES string of the molecule is Cc1cc(S(=O)(=O)Cl)cc(C)c1OCc1cncc(Br)c1. The van der Waals surface area contributed by atoms with Gasteiger partial charge in [0, 0.05) is 33.1 Å². The predicted molar refractivity (Wildman–Crippen MR) is 85.2 cm³/mol. The highest BCUT2D eigenvalue weighted by molar-refractivity contribution is 9.10. The van der Waals surface area contributed by atoms with E-state index < -0.39 is 9.05 Å². The minimum Gasteiger partial charge on any atom is -0.488 e. The second-order valence-electron chi connectivity index (χ2n) is 4.62. The van der Waals surface area contributed by atoms with Gasteiger partial charge in [0.2, 0.25) is 0 Å². The number of aryl methyl sites for hydroxylation is 2. The molecule has 1 aromatic heterocycles. The highest BCUT2D eigenvalue weighted by atomic mass is 79.9. The topological polar surface area (TPSA) is 56.3 Å². The summed E-state index contributed by atoms with van der Waals surface area (Å²) in [7, 11) is 1.63. The van der Waals surface area contributed by atoms with Crippen LogP contribution in [0.3, 0.4) is 0 Å². The van der Waals surface area contributed by atoms with Crippen LogP contribution in [0.15, 0.2) is 40.0 Å². The first-order valence-corrected chi connectivity index (χ1v) is 9.16. The first-order valence-electron chi connectivity index (χ1n) is 6.05. The Hall–Kier alpha value is -1.11. The molecule has 112 valence electrons. The van der Waals surface area contributed by atoms with Gasteiger partial charge in [0.1, 0.15) is 12.4 Å². The summed E-state index contributed by atoms with van der Waals surface area (Å²) in [6.07, 6.45) is 3.41. The molecule has 4 nitrogen and oxygen atoms in total. The van der Waals surface area contributed by atoms with E-state index in [1.807, 2.05) is 6.07 Å². The summed E-state index contributed by atoms with van der Waals surface area (Å²) in [4.78, 5) is 4.14. The Kier molecular flexibility index (Phi) is 4.91. The number of benzene rings is 1. The predicted octanol–water partition coefficient (Wildman–Crippen LogP) is 3.97. The normalized spacial score (nSPS) is 11.4. The van der Waals surface area contributed by atoms with Crippen molar-refractivity contribution >= 4 is 35.7 Å². The summed E-state index contributed by atoms with van der Waals surface area (Å²) >= 11 is 3.35. The molecule has 2 aromatic rings. The third-order valence-corrected chi connectivity index (χ3v) is 4.63. The van der Waals surface area contributed by atoms with Crippen molar-refractivity contribution in [1.82, 2.24) is 4.98 Å².